The fourth-order valence-electron chi connectivity index (χ4n) is 3.79. The van der Waals surface area contributed by atoms with Crippen molar-refractivity contribution in [3.05, 3.63) is 66.3 Å². The van der Waals surface area contributed by atoms with Gasteiger partial charge in [-0.05, 0) is 30.5 Å². The first-order chi connectivity index (χ1) is 15.7. The van der Waals surface area contributed by atoms with Crippen LogP contribution in [0.25, 0.3) is 11.4 Å². The Morgan fingerprint density at radius 1 is 0.875 bits per heavy atom. The van der Waals surface area contributed by atoms with Crippen LogP contribution >= 0.6 is 0 Å². The van der Waals surface area contributed by atoms with E-state index < -0.39 is 0 Å². The molecule has 3 heterocycles. The highest BCUT2D eigenvalue weighted by Crippen LogP contribution is 2.15. The Hall–Kier alpha value is -3.55. The topological polar surface area (TPSA) is 92.4 Å². The molecular weight excluding hydrogens is 406 g/mol. The Balaban J connectivity index is 1.17. The minimum atomic E-state index is 0.0438. The molecule has 4 rings (SSSR count). The van der Waals surface area contributed by atoms with Crippen LogP contribution in [0.5, 0.6) is 0 Å². The summed E-state index contributed by atoms with van der Waals surface area (Å²) in [6.07, 6.45) is 6.34. The quantitative estimate of drug-likeness (QED) is 0.542. The van der Waals surface area contributed by atoms with Crippen LogP contribution in [0.15, 0.2) is 59.4 Å². The zero-order chi connectivity index (χ0) is 22.2. The van der Waals surface area contributed by atoms with Gasteiger partial charge in [0.2, 0.25) is 23.5 Å². The molecule has 2 aromatic heterocycles. The molecule has 1 aromatic carbocycles. The Morgan fingerprint density at radius 3 is 2.28 bits per heavy atom. The zero-order valence-electron chi connectivity index (χ0n) is 18.0. The first-order valence-corrected chi connectivity index (χ1v) is 11.0. The van der Waals surface area contributed by atoms with Gasteiger partial charge < -0.3 is 14.3 Å². The number of pyridine rings is 1. The summed E-state index contributed by atoms with van der Waals surface area (Å²) < 4.78 is 5.26. The van der Waals surface area contributed by atoms with Gasteiger partial charge in [0.15, 0.2) is 0 Å². The van der Waals surface area contributed by atoms with E-state index in [0.717, 1.165) is 18.4 Å². The van der Waals surface area contributed by atoms with Crippen molar-refractivity contribution in [2.45, 2.75) is 32.1 Å². The number of nitrogens with zero attached hydrogens (tertiary/aromatic N) is 5. The van der Waals surface area contributed by atoms with E-state index >= 15 is 0 Å². The summed E-state index contributed by atoms with van der Waals surface area (Å²) in [5.41, 5.74) is 2.03. The number of aryl methyl sites for hydroxylation is 2. The molecule has 0 saturated carbocycles. The van der Waals surface area contributed by atoms with Crippen LogP contribution in [0.1, 0.15) is 30.7 Å². The maximum atomic E-state index is 12.6. The molecule has 1 saturated heterocycles. The molecule has 1 aliphatic heterocycles. The number of hydrogen-bond donors (Lipinski definition) is 0. The van der Waals surface area contributed by atoms with Gasteiger partial charge in [-0.3, -0.25) is 14.6 Å². The second-order valence-corrected chi connectivity index (χ2v) is 7.85. The number of carbonyl (C=O) groups excluding carboxylic acids is 2. The summed E-state index contributed by atoms with van der Waals surface area (Å²) in [7, 11) is 0. The lowest BCUT2D eigenvalue weighted by Gasteiger charge is -2.35. The minimum Gasteiger partial charge on any atom is -0.339 e. The molecule has 0 unspecified atom stereocenters. The number of rotatable bonds is 8. The molecule has 1 fully saturated rings. The van der Waals surface area contributed by atoms with Crippen molar-refractivity contribution >= 4 is 11.8 Å². The van der Waals surface area contributed by atoms with E-state index in [-0.39, 0.29) is 11.8 Å². The molecule has 1 aliphatic rings. The minimum absolute atomic E-state index is 0.0438. The molecule has 166 valence electrons. The van der Waals surface area contributed by atoms with Crippen molar-refractivity contribution < 1.29 is 14.1 Å². The predicted octanol–water partition coefficient (Wildman–Crippen LogP) is 2.76. The van der Waals surface area contributed by atoms with E-state index in [1.54, 1.807) is 12.4 Å². The zero-order valence-corrected chi connectivity index (χ0v) is 18.0. The van der Waals surface area contributed by atoms with Gasteiger partial charge >= 0.3 is 0 Å². The van der Waals surface area contributed by atoms with Gasteiger partial charge in [0.05, 0.1) is 0 Å². The van der Waals surface area contributed by atoms with Crippen molar-refractivity contribution in [3.8, 4) is 11.4 Å². The van der Waals surface area contributed by atoms with Gasteiger partial charge in [-0.25, -0.2) is 0 Å². The smallest absolute Gasteiger partial charge is 0.227 e. The van der Waals surface area contributed by atoms with Gasteiger partial charge in [-0.2, -0.15) is 4.98 Å². The van der Waals surface area contributed by atoms with Gasteiger partial charge in [0.1, 0.15) is 0 Å². The molecule has 8 nitrogen and oxygen atoms in total. The Morgan fingerprint density at radius 2 is 1.59 bits per heavy atom. The van der Waals surface area contributed by atoms with Crippen molar-refractivity contribution in [2.75, 3.05) is 26.2 Å². The third-order valence-corrected chi connectivity index (χ3v) is 5.62. The highest BCUT2D eigenvalue weighted by molar-refractivity contribution is 5.78. The Kier molecular flexibility index (Phi) is 7.22. The van der Waals surface area contributed by atoms with E-state index in [1.807, 2.05) is 40.1 Å². The first-order valence-electron chi connectivity index (χ1n) is 11.0. The molecule has 3 aromatic rings. The summed E-state index contributed by atoms with van der Waals surface area (Å²) in [6, 6.07) is 13.9. The third-order valence-electron chi connectivity index (χ3n) is 5.62. The van der Waals surface area contributed by atoms with Gasteiger partial charge in [-0.15, -0.1) is 0 Å². The van der Waals surface area contributed by atoms with Crippen LogP contribution in [0.2, 0.25) is 0 Å². The Bertz CT molecular complexity index is 1010. The standard InChI is InChI=1S/C24H27N5O3/c30-22(10-4-8-19-6-2-1-3-7-19)28-14-16-29(17-15-28)23(31)12-11-21-26-24(27-32-21)20-9-5-13-25-18-20/h1-3,5-7,9,13,18H,4,8,10-12,14-17H2. The summed E-state index contributed by atoms with van der Waals surface area (Å²) in [6.45, 7) is 2.30. The van der Waals surface area contributed by atoms with E-state index in [9.17, 15) is 9.59 Å². The van der Waals surface area contributed by atoms with Crippen LogP contribution in [0.3, 0.4) is 0 Å². The van der Waals surface area contributed by atoms with Crippen LogP contribution in [-0.2, 0) is 22.4 Å². The third kappa shape index (κ3) is 5.78. The van der Waals surface area contributed by atoms with E-state index in [1.165, 1.54) is 5.56 Å². The van der Waals surface area contributed by atoms with Crippen molar-refractivity contribution in [1.82, 2.24) is 24.9 Å². The average molecular weight is 434 g/mol. The maximum Gasteiger partial charge on any atom is 0.227 e. The fraction of sp³-hybridized carbons (Fsp3) is 0.375. The van der Waals surface area contributed by atoms with Crippen LogP contribution in [0, 0.1) is 0 Å². The lowest BCUT2D eigenvalue weighted by Crippen LogP contribution is -2.50. The number of aromatic nitrogens is 3. The highest BCUT2D eigenvalue weighted by atomic mass is 16.5. The van der Waals surface area contributed by atoms with E-state index in [2.05, 4.69) is 27.3 Å². The Labute approximate surface area is 187 Å². The van der Waals surface area contributed by atoms with Crippen molar-refractivity contribution in [1.29, 1.82) is 0 Å². The second kappa shape index (κ2) is 10.7. The molecule has 0 bridgehead atoms. The monoisotopic (exact) mass is 433 g/mol. The first kappa shape index (κ1) is 21.7. The number of piperazine rings is 1. The average Bonchev–Trinajstić information content (AvgIpc) is 3.33. The lowest BCUT2D eigenvalue weighted by atomic mass is 10.1. The van der Waals surface area contributed by atoms with Crippen molar-refractivity contribution in [2.24, 2.45) is 0 Å². The molecular formula is C24H27N5O3. The van der Waals surface area contributed by atoms with Gasteiger partial charge in [0, 0.05) is 63.4 Å². The number of hydrogen-bond acceptors (Lipinski definition) is 6. The summed E-state index contributed by atoms with van der Waals surface area (Å²) in [5.74, 6) is 1.12. The molecule has 0 N–H and O–H groups in total. The summed E-state index contributed by atoms with van der Waals surface area (Å²) in [5, 5.41) is 3.95. The van der Waals surface area contributed by atoms with E-state index in [0.29, 0.717) is 57.2 Å². The second-order valence-electron chi connectivity index (χ2n) is 7.85. The molecule has 32 heavy (non-hydrogen) atoms. The highest BCUT2D eigenvalue weighted by Gasteiger charge is 2.24. The molecule has 0 radical (unpaired) electrons. The van der Waals surface area contributed by atoms with E-state index in [4.69, 9.17) is 4.52 Å². The maximum absolute atomic E-state index is 12.6. The van der Waals surface area contributed by atoms with Crippen molar-refractivity contribution in [3.63, 3.8) is 0 Å². The molecule has 0 spiro atoms. The van der Waals surface area contributed by atoms with Crippen LogP contribution in [-0.4, -0.2) is 62.9 Å². The largest absolute Gasteiger partial charge is 0.339 e. The number of benzene rings is 1. The molecule has 2 amide bonds. The molecule has 0 aliphatic carbocycles. The SMILES string of the molecule is O=C(CCCc1ccccc1)N1CCN(C(=O)CCc2nc(-c3cccnc3)no2)CC1. The molecule has 0 atom stereocenters. The lowest BCUT2D eigenvalue weighted by molar-refractivity contribution is -0.139. The summed E-state index contributed by atoms with van der Waals surface area (Å²) >= 11 is 0. The van der Waals surface area contributed by atoms with Crippen LogP contribution in [0.4, 0.5) is 0 Å². The number of amides is 2. The summed E-state index contributed by atoms with van der Waals surface area (Å²) in [4.78, 5) is 37.1. The van der Waals surface area contributed by atoms with Gasteiger partial charge in [-0.1, -0.05) is 35.5 Å². The molecule has 8 heteroatoms. The van der Waals surface area contributed by atoms with Crippen LogP contribution < -0.4 is 0 Å². The number of carbonyl (C=O) groups is 2. The predicted molar refractivity (Wildman–Crippen MR) is 118 cm³/mol. The fourth-order valence-corrected chi connectivity index (χ4v) is 3.79. The van der Waals surface area contributed by atoms with Gasteiger partial charge in [0.25, 0.3) is 0 Å². The normalized spacial score (nSPS) is 13.9.